The van der Waals surface area contributed by atoms with Crippen LogP contribution in [-0.2, 0) is 13.2 Å². The van der Waals surface area contributed by atoms with Crippen LogP contribution in [0.25, 0.3) is 16.5 Å². The van der Waals surface area contributed by atoms with Crippen LogP contribution >= 0.6 is 0 Å². The first-order valence-corrected chi connectivity index (χ1v) is 10.0. The lowest BCUT2D eigenvalue weighted by Gasteiger charge is -2.07. The van der Waals surface area contributed by atoms with Gasteiger partial charge in [0.15, 0.2) is 11.5 Å². The summed E-state index contributed by atoms with van der Waals surface area (Å²) in [5.41, 5.74) is 2.13. The molecule has 5 rings (SSSR count). The second-order valence-electron chi connectivity index (χ2n) is 7.12. The molecule has 32 heavy (non-hydrogen) atoms. The Labute approximate surface area is 183 Å². The number of hydrogen-bond acceptors (Lipinski definition) is 6. The Balaban J connectivity index is 1.18. The maximum atomic E-state index is 12.5. The Kier molecular flexibility index (Phi) is 5.32. The van der Waals surface area contributed by atoms with Gasteiger partial charge in [-0.2, -0.15) is 5.10 Å². The molecule has 0 unspecified atom stereocenters. The molecule has 1 N–H and O–H groups in total. The number of carbonyl (C=O) groups is 1. The normalized spacial score (nSPS) is 10.9. The molecule has 0 fully saturated rings. The maximum absolute atomic E-state index is 12.5. The molecule has 2 aromatic heterocycles. The SMILES string of the molecule is O=C(NCc1cccc2ccccc12)c1cc(COc2ccc(-n3cncn3)cc2)on1. The third-order valence-corrected chi connectivity index (χ3v) is 5.01. The van der Waals surface area contributed by atoms with Crippen LogP contribution in [0.1, 0.15) is 21.8 Å². The molecule has 0 aliphatic rings. The van der Waals surface area contributed by atoms with Gasteiger partial charge in [-0.15, -0.1) is 0 Å². The molecule has 0 atom stereocenters. The third-order valence-electron chi connectivity index (χ3n) is 5.01. The second-order valence-corrected chi connectivity index (χ2v) is 7.12. The molecule has 0 bridgehead atoms. The van der Waals surface area contributed by atoms with Crippen LogP contribution in [0.3, 0.4) is 0 Å². The molecule has 0 aliphatic heterocycles. The van der Waals surface area contributed by atoms with Gasteiger partial charge >= 0.3 is 0 Å². The molecule has 1 amide bonds. The van der Waals surface area contributed by atoms with Crippen molar-refractivity contribution in [3.63, 3.8) is 0 Å². The molecule has 8 nitrogen and oxygen atoms in total. The summed E-state index contributed by atoms with van der Waals surface area (Å²) in [5, 5.41) is 13.1. The molecule has 0 spiro atoms. The largest absolute Gasteiger partial charge is 0.486 e. The summed E-state index contributed by atoms with van der Waals surface area (Å²) in [4.78, 5) is 16.4. The van der Waals surface area contributed by atoms with Gasteiger partial charge in [0, 0.05) is 12.6 Å². The van der Waals surface area contributed by atoms with E-state index in [9.17, 15) is 4.79 Å². The number of rotatable bonds is 7. The van der Waals surface area contributed by atoms with Gasteiger partial charge in [-0.05, 0) is 40.6 Å². The highest BCUT2D eigenvalue weighted by atomic mass is 16.5. The van der Waals surface area contributed by atoms with Crippen LogP contribution in [0.4, 0.5) is 0 Å². The van der Waals surface area contributed by atoms with E-state index in [0.717, 1.165) is 22.0 Å². The average molecular weight is 425 g/mol. The van der Waals surface area contributed by atoms with Gasteiger partial charge in [-0.25, -0.2) is 9.67 Å². The molecule has 0 radical (unpaired) electrons. The summed E-state index contributed by atoms with van der Waals surface area (Å²) in [7, 11) is 0. The smallest absolute Gasteiger partial charge is 0.273 e. The van der Waals surface area contributed by atoms with Crippen molar-refractivity contribution >= 4 is 16.7 Å². The Hall–Kier alpha value is -4.46. The van der Waals surface area contributed by atoms with Crippen LogP contribution < -0.4 is 10.1 Å². The lowest BCUT2D eigenvalue weighted by atomic mass is 10.0. The number of hydrogen-bond donors (Lipinski definition) is 1. The molecular weight excluding hydrogens is 406 g/mol. The van der Waals surface area contributed by atoms with E-state index in [4.69, 9.17) is 9.26 Å². The van der Waals surface area contributed by atoms with Gasteiger partial charge < -0.3 is 14.6 Å². The monoisotopic (exact) mass is 425 g/mol. The number of fused-ring (bicyclic) bond motifs is 1. The predicted molar refractivity (Wildman–Crippen MR) is 117 cm³/mol. The van der Waals surface area contributed by atoms with Crippen molar-refractivity contribution in [2.24, 2.45) is 0 Å². The Morgan fingerprint density at radius 3 is 2.72 bits per heavy atom. The van der Waals surface area contributed by atoms with Crippen molar-refractivity contribution in [1.82, 2.24) is 25.2 Å². The van der Waals surface area contributed by atoms with Crippen molar-refractivity contribution in [2.45, 2.75) is 13.2 Å². The first-order chi connectivity index (χ1) is 15.8. The van der Waals surface area contributed by atoms with E-state index in [1.54, 1.807) is 17.1 Å². The minimum absolute atomic E-state index is 0.159. The lowest BCUT2D eigenvalue weighted by molar-refractivity contribution is 0.0941. The number of aromatic nitrogens is 4. The number of nitrogens with one attached hydrogen (secondary N) is 1. The summed E-state index contributed by atoms with van der Waals surface area (Å²) in [6, 6.07) is 23.1. The van der Waals surface area contributed by atoms with E-state index in [2.05, 4.69) is 20.6 Å². The van der Waals surface area contributed by atoms with Gasteiger partial charge in [0.1, 0.15) is 25.0 Å². The maximum Gasteiger partial charge on any atom is 0.273 e. The Morgan fingerprint density at radius 2 is 1.88 bits per heavy atom. The van der Waals surface area contributed by atoms with Crippen LogP contribution in [0.5, 0.6) is 5.75 Å². The fraction of sp³-hybridized carbons (Fsp3) is 0.0833. The highest BCUT2D eigenvalue weighted by Gasteiger charge is 2.13. The number of ether oxygens (including phenoxy) is 1. The van der Waals surface area contributed by atoms with E-state index in [-0.39, 0.29) is 18.2 Å². The molecule has 3 aromatic carbocycles. The lowest BCUT2D eigenvalue weighted by Crippen LogP contribution is -2.23. The highest BCUT2D eigenvalue weighted by molar-refractivity contribution is 5.92. The first-order valence-electron chi connectivity index (χ1n) is 10.0. The van der Waals surface area contributed by atoms with Crippen molar-refractivity contribution in [1.29, 1.82) is 0 Å². The molecule has 0 saturated heterocycles. The predicted octanol–water partition coefficient (Wildman–Crippen LogP) is 3.92. The molecule has 5 aromatic rings. The average Bonchev–Trinajstić information content (AvgIpc) is 3.54. The zero-order chi connectivity index (χ0) is 21.8. The summed E-state index contributed by atoms with van der Waals surface area (Å²) in [6.45, 7) is 0.559. The minimum Gasteiger partial charge on any atom is -0.486 e. The molecule has 2 heterocycles. The summed E-state index contributed by atoms with van der Waals surface area (Å²) in [5.74, 6) is 0.818. The van der Waals surface area contributed by atoms with E-state index >= 15 is 0 Å². The van der Waals surface area contributed by atoms with E-state index in [0.29, 0.717) is 18.1 Å². The van der Waals surface area contributed by atoms with Gasteiger partial charge in [-0.3, -0.25) is 4.79 Å². The second kappa shape index (κ2) is 8.73. The first kappa shape index (κ1) is 19.5. The van der Waals surface area contributed by atoms with Crippen molar-refractivity contribution in [3.8, 4) is 11.4 Å². The standard InChI is InChI=1S/C24H19N5O3/c30-24(26-13-18-6-3-5-17-4-1-2-7-22(17)18)23-12-21(32-28-23)14-31-20-10-8-19(9-11-20)29-16-25-15-27-29/h1-12,15-16H,13-14H2,(H,26,30). The van der Waals surface area contributed by atoms with Crippen LogP contribution in [0.2, 0.25) is 0 Å². The van der Waals surface area contributed by atoms with Crippen molar-refractivity contribution < 1.29 is 14.1 Å². The van der Waals surface area contributed by atoms with Crippen molar-refractivity contribution in [2.75, 3.05) is 0 Å². The molecular formula is C24H19N5O3. The van der Waals surface area contributed by atoms with Gasteiger partial charge in [0.2, 0.25) is 0 Å². The Morgan fingerprint density at radius 1 is 1.03 bits per heavy atom. The van der Waals surface area contributed by atoms with Crippen molar-refractivity contribution in [3.05, 3.63) is 102 Å². The molecule has 0 saturated carbocycles. The zero-order valence-corrected chi connectivity index (χ0v) is 17.0. The number of carbonyl (C=O) groups excluding carboxylic acids is 1. The van der Waals surface area contributed by atoms with Gasteiger partial charge in [-0.1, -0.05) is 47.6 Å². The fourth-order valence-corrected chi connectivity index (χ4v) is 3.39. The summed E-state index contributed by atoms with van der Waals surface area (Å²) < 4.78 is 12.6. The van der Waals surface area contributed by atoms with Crippen LogP contribution in [-0.4, -0.2) is 25.8 Å². The number of benzene rings is 3. The molecule has 8 heteroatoms. The third kappa shape index (κ3) is 4.20. The van der Waals surface area contributed by atoms with Gasteiger partial charge in [0.05, 0.1) is 5.69 Å². The Bertz CT molecular complexity index is 1340. The quantitative estimate of drug-likeness (QED) is 0.425. The topological polar surface area (TPSA) is 95.1 Å². The summed E-state index contributed by atoms with van der Waals surface area (Å²) >= 11 is 0. The minimum atomic E-state index is -0.301. The fourth-order valence-electron chi connectivity index (χ4n) is 3.39. The van der Waals surface area contributed by atoms with E-state index in [1.165, 1.54) is 6.33 Å². The van der Waals surface area contributed by atoms with Crippen LogP contribution in [0, 0.1) is 0 Å². The van der Waals surface area contributed by atoms with E-state index < -0.39 is 0 Å². The zero-order valence-electron chi connectivity index (χ0n) is 17.0. The number of amides is 1. The number of nitrogens with zero attached hydrogens (tertiary/aromatic N) is 4. The highest BCUT2D eigenvalue weighted by Crippen LogP contribution is 2.19. The summed E-state index contributed by atoms with van der Waals surface area (Å²) in [6.07, 6.45) is 3.10. The molecule has 0 aliphatic carbocycles. The van der Waals surface area contributed by atoms with Crippen LogP contribution in [0.15, 0.2) is 90.0 Å². The van der Waals surface area contributed by atoms with E-state index in [1.807, 2.05) is 66.7 Å². The molecule has 158 valence electrons. The van der Waals surface area contributed by atoms with Gasteiger partial charge in [0.25, 0.3) is 5.91 Å².